The molecule has 1 aromatic carbocycles. The Bertz CT molecular complexity index is 505. The highest BCUT2D eigenvalue weighted by molar-refractivity contribution is 5.50. The van der Waals surface area contributed by atoms with Crippen LogP contribution in [0.3, 0.4) is 0 Å². The van der Waals surface area contributed by atoms with E-state index in [0.717, 1.165) is 17.7 Å². The molecule has 4 heteroatoms. The summed E-state index contributed by atoms with van der Waals surface area (Å²) >= 11 is 0. The lowest BCUT2D eigenvalue weighted by molar-refractivity contribution is 0.290. The molecule has 0 amide bonds. The zero-order valence-electron chi connectivity index (χ0n) is 10.2. The zero-order chi connectivity index (χ0) is 12.3. The van der Waals surface area contributed by atoms with Gasteiger partial charge in [0.25, 0.3) is 0 Å². The summed E-state index contributed by atoms with van der Waals surface area (Å²) in [4.78, 5) is 0. The van der Waals surface area contributed by atoms with E-state index in [1.54, 1.807) is 4.68 Å². The Kier molecular flexibility index (Phi) is 3.32. The largest absolute Gasteiger partial charge is 0.472 e. The van der Waals surface area contributed by atoms with Crippen molar-refractivity contribution in [2.45, 2.75) is 20.0 Å². The van der Waals surface area contributed by atoms with Gasteiger partial charge in [0.05, 0.1) is 0 Å². The maximum absolute atomic E-state index is 5.96. The summed E-state index contributed by atoms with van der Waals surface area (Å²) in [6.07, 6.45) is 2.80. The molecule has 0 atom stereocenters. The van der Waals surface area contributed by atoms with E-state index in [2.05, 4.69) is 18.1 Å². The highest BCUT2D eigenvalue weighted by Crippen LogP contribution is 2.19. The second kappa shape index (κ2) is 4.91. The van der Waals surface area contributed by atoms with Gasteiger partial charge >= 0.3 is 0 Å². The van der Waals surface area contributed by atoms with Crippen LogP contribution in [-0.2, 0) is 20.1 Å². The quantitative estimate of drug-likeness (QED) is 0.820. The third-order valence-corrected chi connectivity index (χ3v) is 2.74. The smallest absolute Gasteiger partial charge is 0.233 e. The summed E-state index contributed by atoms with van der Waals surface area (Å²) in [5, 5.41) is 4.16. The van der Waals surface area contributed by atoms with Crippen LogP contribution in [0.5, 0.6) is 5.88 Å². The molecule has 4 nitrogen and oxygen atoms in total. The minimum atomic E-state index is 0.465. The third-order valence-electron chi connectivity index (χ3n) is 2.74. The Hall–Kier alpha value is -1.97. The predicted octanol–water partition coefficient (Wildman–Crippen LogP) is 2.14. The van der Waals surface area contributed by atoms with Crippen LogP contribution in [0.25, 0.3) is 0 Å². The van der Waals surface area contributed by atoms with Crippen LogP contribution in [0.2, 0.25) is 0 Å². The van der Waals surface area contributed by atoms with Crippen LogP contribution in [0.15, 0.2) is 30.5 Å². The highest BCUT2D eigenvalue weighted by atomic mass is 16.5. The fourth-order valence-electron chi connectivity index (χ4n) is 1.78. The van der Waals surface area contributed by atoms with E-state index in [0.29, 0.717) is 12.5 Å². The normalized spacial score (nSPS) is 10.5. The molecule has 2 aromatic rings. The van der Waals surface area contributed by atoms with Crippen LogP contribution in [0.4, 0.5) is 5.69 Å². The van der Waals surface area contributed by atoms with Gasteiger partial charge in [-0.2, -0.15) is 0 Å². The van der Waals surface area contributed by atoms with Crippen molar-refractivity contribution < 1.29 is 4.74 Å². The van der Waals surface area contributed by atoms with Crippen molar-refractivity contribution in [3.63, 3.8) is 0 Å². The number of ether oxygens (including phenoxy) is 1. The number of aromatic nitrogens is 2. The lowest BCUT2D eigenvalue weighted by Gasteiger charge is -2.11. The molecular formula is C13H17N3O. The molecule has 0 fully saturated rings. The molecule has 0 unspecified atom stereocenters. The first-order valence-corrected chi connectivity index (χ1v) is 5.69. The molecule has 0 saturated carbocycles. The maximum atomic E-state index is 5.96. The van der Waals surface area contributed by atoms with Crippen LogP contribution in [0.1, 0.15) is 18.1 Å². The van der Waals surface area contributed by atoms with E-state index in [1.165, 1.54) is 5.56 Å². The molecule has 0 aliphatic heterocycles. The lowest BCUT2D eigenvalue weighted by Crippen LogP contribution is -2.04. The maximum Gasteiger partial charge on any atom is 0.233 e. The average Bonchev–Trinajstić information content (AvgIpc) is 2.73. The fraction of sp³-hybridized carbons (Fsp3) is 0.308. The molecule has 1 heterocycles. The van der Waals surface area contributed by atoms with Gasteiger partial charge < -0.3 is 10.5 Å². The number of aryl methyl sites for hydroxylation is 2. The summed E-state index contributed by atoms with van der Waals surface area (Å²) in [6.45, 7) is 2.58. The van der Waals surface area contributed by atoms with Crippen molar-refractivity contribution >= 4 is 5.69 Å². The Balaban J connectivity index is 2.13. The number of nitrogens with two attached hydrogens (primary N) is 1. The fourth-order valence-corrected chi connectivity index (χ4v) is 1.78. The van der Waals surface area contributed by atoms with Crippen molar-refractivity contribution in [1.82, 2.24) is 9.78 Å². The highest BCUT2D eigenvalue weighted by Gasteiger charge is 2.06. The second-order valence-corrected chi connectivity index (χ2v) is 3.95. The number of hydrogen-bond donors (Lipinski definition) is 1. The van der Waals surface area contributed by atoms with E-state index in [9.17, 15) is 0 Å². The number of hydrogen-bond acceptors (Lipinski definition) is 3. The van der Waals surface area contributed by atoms with Gasteiger partial charge in [0.2, 0.25) is 5.88 Å². The number of benzene rings is 1. The minimum Gasteiger partial charge on any atom is -0.472 e. The van der Waals surface area contributed by atoms with Crippen molar-refractivity contribution in [3.05, 3.63) is 41.6 Å². The van der Waals surface area contributed by atoms with E-state index < -0.39 is 0 Å². The van der Waals surface area contributed by atoms with E-state index >= 15 is 0 Å². The first-order chi connectivity index (χ1) is 8.20. The molecule has 2 N–H and O–H groups in total. The average molecular weight is 231 g/mol. The molecule has 0 radical (unpaired) electrons. The molecule has 0 bridgehead atoms. The lowest BCUT2D eigenvalue weighted by atomic mass is 10.0. The van der Waals surface area contributed by atoms with Crippen LogP contribution in [-0.4, -0.2) is 9.78 Å². The molecule has 0 spiro atoms. The monoisotopic (exact) mass is 231 g/mol. The minimum absolute atomic E-state index is 0.465. The number of nitrogens with zero attached hydrogens (tertiary/aromatic N) is 2. The van der Waals surface area contributed by atoms with Gasteiger partial charge in [0.1, 0.15) is 6.61 Å². The van der Waals surface area contributed by atoms with Crippen LogP contribution >= 0.6 is 0 Å². The molecule has 17 heavy (non-hydrogen) atoms. The van der Waals surface area contributed by atoms with Gasteiger partial charge in [-0.05, 0) is 18.1 Å². The Labute approximate surface area is 101 Å². The van der Waals surface area contributed by atoms with Gasteiger partial charge in [-0.25, -0.2) is 0 Å². The van der Waals surface area contributed by atoms with E-state index in [4.69, 9.17) is 10.5 Å². The SMILES string of the molecule is CCc1cccc(N)c1COc1ccn(C)n1. The van der Waals surface area contributed by atoms with Gasteiger partial charge in [-0.3, -0.25) is 4.68 Å². The summed E-state index contributed by atoms with van der Waals surface area (Å²) in [6, 6.07) is 7.78. The van der Waals surface area contributed by atoms with Crippen molar-refractivity contribution in [1.29, 1.82) is 0 Å². The number of rotatable bonds is 4. The standard InChI is InChI=1S/C13H17N3O/c1-3-10-5-4-6-12(14)11(10)9-17-13-7-8-16(2)15-13/h4-8H,3,9,14H2,1-2H3. The zero-order valence-corrected chi connectivity index (χ0v) is 10.2. The van der Waals surface area contributed by atoms with Crippen molar-refractivity contribution in [3.8, 4) is 5.88 Å². The molecule has 0 aliphatic carbocycles. The van der Waals surface area contributed by atoms with Crippen molar-refractivity contribution in [2.75, 3.05) is 5.73 Å². The van der Waals surface area contributed by atoms with Crippen LogP contribution in [0, 0.1) is 0 Å². The molecular weight excluding hydrogens is 214 g/mol. The van der Waals surface area contributed by atoms with Gasteiger partial charge in [0, 0.05) is 30.6 Å². The van der Waals surface area contributed by atoms with Gasteiger partial charge in [-0.15, -0.1) is 5.10 Å². The summed E-state index contributed by atoms with van der Waals surface area (Å²) in [7, 11) is 1.86. The molecule has 1 aromatic heterocycles. The van der Waals surface area contributed by atoms with Crippen molar-refractivity contribution in [2.24, 2.45) is 7.05 Å². The third kappa shape index (κ3) is 2.58. The second-order valence-electron chi connectivity index (χ2n) is 3.95. The van der Waals surface area contributed by atoms with E-state index in [1.807, 2.05) is 31.4 Å². The van der Waals surface area contributed by atoms with Gasteiger partial charge in [-0.1, -0.05) is 19.1 Å². The Morgan fingerprint density at radius 1 is 1.35 bits per heavy atom. The number of anilines is 1. The topological polar surface area (TPSA) is 53.1 Å². The molecule has 0 saturated heterocycles. The summed E-state index contributed by atoms with van der Waals surface area (Å²) in [5.41, 5.74) is 9.02. The van der Waals surface area contributed by atoms with Gasteiger partial charge in [0.15, 0.2) is 0 Å². The molecule has 90 valence electrons. The summed E-state index contributed by atoms with van der Waals surface area (Å²) in [5.74, 6) is 0.623. The first-order valence-electron chi connectivity index (χ1n) is 5.69. The molecule has 0 aliphatic rings. The summed E-state index contributed by atoms with van der Waals surface area (Å²) < 4.78 is 7.34. The Morgan fingerprint density at radius 2 is 2.18 bits per heavy atom. The molecule has 2 rings (SSSR count). The first kappa shape index (κ1) is 11.5. The van der Waals surface area contributed by atoms with Crippen LogP contribution < -0.4 is 10.5 Å². The van der Waals surface area contributed by atoms with E-state index in [-0.39, 0.29) is 0 Å². The predicted molar refractivity (Wildman–Crippen MR) is 67.8 cm³/mol. The Morgan fingerprint density at radius 3 is 2.82 bits per heavy atom. The number of nitrogen functional groups attached to an aromatic ring is 1.